The second kappa shape index (κ2) is 6.25. The SMILES string of the molecule is Nc1cc(Br)cc(Br)c1S(=O)(=O)NCCc1cnc[nH]1. The largest absolute Gasteiger partial charge is 0.398 e. The quantitative estimate of drug-likeness (QED) is 0.640. The average Bonchev–Trinajstić information content (AvgIpc) is 2.79. The zero-order valence-corrected chi connectivity index (χ0v) is 14.2. The minimum atomic E-state index is -3.67. The molecular formula is C11H12Br2N4O2S. The molecule has 6 nitrogen and oxygen atoms in total. The van der Waals surface area contributed by atoms with Crippen molar-refractivity contribution in [3.63, 3.8) is 0 Å². The molecule has 0 atom stereocenters. The second-order valence-corrected chi connectivity index (χ2v) is 7.50. The van der Waals surface area contributed by atoms with Crippen molar-refractivity contribution in [3.8, 4) is 0 Å². The number of anilines is 1. The van der Waals surface area contributed by atoms with E-state index < -0.39 is 10.0 Å². The molecule has 0 unspecified atom stereocenters. The number of aromatic amines is 1. The third-order valence-corrected chi connectivity index (χ3v) is 5.47. The van der Waals surface area contributed by atoms with Crippen molar-refractivity contribution in [1.29, 1.82) is 0 Å². The van der Waals surface area contributed by atoms with E-state index in [-0.39, 0.29) is 17.1 Å². The Balaban J connectivity index is 2.14. The molecule has 0 aliphatic rings. The summed E-state index contributed by atoms with van der Waals surface area (Å²) in [6.07, 6.45) is 3.72. The van der Waals surface area contributed by atoms with Crippen LogP contribution in [0.3, 0.4) is 0 Å². The molecule has 0 saturated carbocycles. The lowest BCUT2D eigenvalue weighted by Gasteiger charge is -2.11. The first-order valence-corrected chi connectivity index (χ1v) is 8.68. The normalized spacial score (nSPS) is 11.7. The second-order valence-electron chi connectivity index (χ2n) is 4.03. The number of nitrogens with two attached hydrogens (primary N) is 1. The third kappa shape index (κ3) is 3.60. The zero-order valence-electron chi connectivity index (χ0n) is 10.2. The van der Waals surface area contributed by atoms with E-state index in [0.29, 0.717) is 15.4 Å². The summed E-state index contributed by atoms with van der Waals surface area (Å²) >= 11 is 6.48. The van der Waals surface area contributed by atoms with Gasteiger partial charge >= 0.3 is 0 Å². The van der Waals surface area contributed by atoms with Gasteiger partial charge in [-0.05, 0) is 28.1 Å². The van der Waals surface area contributed by atoms with Gasteiger partial charge in [0, 0.05) is 33.8 Å². The van der Waals surface area contributed by atoms with Crippen LogP contribution in [0.25, 0.3) is 0 Å². The maximum absolute atomic E-state index is 12.3. The molecule has 0 radical (unpaired) electrons. The van der Waals surface area contributed by atoms with Crippen LogP contribution in [0.4, 0.5) is 5.69 Å². The smallest absolute Gasteiger partial charge is 0.243 e. The molecule has 0 bridgehead atoms. The van der Waals surface area contributed by atoms with Crippen LogP contribution in [0.15, 0.2) is 38.5 Å². The van der Waals surface area contributed by atoms with Gasteiger partial charge in [0.15, 0.2) is 0 Å². The molecule has 9 heteroatoms. The van der Waals surface area contributed by atoms with Gasteiger partial charge in [-0.1, -0.05) is 15.9 Å². The highest BCUT2D eigenvalue weighted by molar-refractivity contribution is 9.11. The van der Waals surface area contributed by atoms with Gasteiger partial charge in [-0.3, -0.25) is 0 Å². The van der Waals surface area contributed by atoms with E-state index >= 15 is 0 Å². The molecule has 1 aromatic carbocycles. The highest BCUT2D eigenvalue weighted by Crippen LogP contribution is 2.31. The van der Waals surface area contributed by atoms with Crippen LogP contribution >= 0.6 is 31.9 Å². The van der Waals surface area contributed by atoms with E-state index in [0.717, 1.165) is 5.69 Å². The average molecular weight is 424 g/mol. The number of rotatable bonds is 5. The Morgan fingerprint density at radius 2 is 2.10 bits per heavy atom. The van der Waals surface area contributed by atoms with Gasteiger partial charge in [0.1, 0.15) is 4.90 Å². The summed E-state index contributed by atoms with van der Waals surface area (Å²) in [5.74, 6) is 0. The maximum Gasteiger partial charge on any atom is 0.243 e. The Labute approximate surface area is 133 Å². The van der Waals surface area contributed by atoms with Gasteiger partial charge in [0.25, 0.3) is 0 Å². The Bertz CT molecular complexity index is 678. The molecule has 2 rings (SSSR count). The molecule has 2 aromatic rings. The molecule has 1 heterocycles. The summed E-state index contributed by atoms with van der Waals surface area (Å²) < 4.78 is 28.1. The van der Waals surface area contributed by atoms with Crippen molar-refractivity contribution >= 4 is 47.6 Å². The zero-order chi connectivity index (χ0) is 14.8. The molecule has 0 spiro atoms. The number of sulfonamides is 1. The van der Waals surface area contributed by atoms with Crippen LogP contribution in [0.5, 0.6) is 0 Å². The monoisotopic (exact) mass is 422 g/mol. The van der Waals surface area contributed by atoms with Crippen LogP contribution in [-0.2, 0) is 16.4 Å². The molecular weight excluding hydrogens is 412 g/mol. The van der Waals surface area contributed by atoms with E-state index in [2.05, 4.69) is 46.5 Å². The summed E-state index contributed by atoms with van der Waals surface area (Å²) in [5, 5.41) is 0. The molecule has 20 heavy (non-hydrogen) atoms. The molecule has 0 saturated heterocycles. The maximum atomic E-state index is 12.3. The van der Waals surface area contributed by atoms with Crippen molar-refractivity contribution in [2.45, 2.75) is 11.3 Å². The standard InChI is InChI=1S/C11H12Br2N4O2S/c12-7-3-9(13)11(10(14)4-7)20(18,19)17-2-1-8-5-15-6-16-8/h3-6,17H,1-2,14H2,(H,15,16). The van der Waals surface area contributed by atoms with Crippen molar-refractivity contribution in [1.82, 2.24) is 14.7 Å². The first-order valence-electron chi connectivity index (χ1n) is 5.61. The van der Waals surface area contributed by atoms with Crippen molar-refractivity contribution in [3.05, 3.63) is 39.3 Å². The third-order valence-electron chi connectivity index (χ3n) is 2.55. The Hall–Kier alpha value is -0.900. The molecule has 4 N–H and O–H groups in total. The number of nitrogen functional groups attached to an aromatic ring is 1. The highest BCUT2D eigenvalue weighted by Gasteiger charge is 2.21. The van der Waals surface area contributed by atoms with Crippen LogP contribution in [0.1, 0.15) is 5.69 Å². The Kier molecular flexibility index (Phi) is 4.84. The lowest BCUT2D eigenvalue weighted by Crippen LogP contribution is -2.27. The predicted octanol–water partition coefficient (Wildman–Crippen LogP) is 2.04. The van der Waals surface area contributed by atoms with Crippen molar-refractivity contribution in [2.24, 2.45) is 0 Å². The Morgan fingerprint density at radius 1 is 1.35 bits per heavy atom. The number of hydrogen-bond donors (Lipinski definition) is 3. The van der Waals surface area contributed by atoms with E-state index in [1.807, 2.05) is 0 Å². The van der Waals surface area contributed by atoms with Crippen LogP contribution in [-0.4, -0.2) is 24.9 Å². The van der Waals surface area contributed by atoms with Gasteiger partial charge in [0.2, 0.25) is 10.0 Å². The number of H-pyrrole nitrogens is 1. The molecule has 0 fully saturated rings. The minimum absolute atomic E-state index is 0.0466. The number of benzene rings is 1. The number of imidazole rings is 1. The highest BCUT2D eigenvalue weighted by atomic mass is 79.9. The minimum Gasteiger partial charge on any atom is -0.398 e. The summed E-state index contributed by atoms with van der Waals surface area (Å²) in [6, 6.07) is 3.19. The molecule has 0 aliphatic heterocycles. The summed E-state index contributed by atoms with van der Waals surface area (Å²) in [7, 11) is -3.67. The van der Waals surface area contributed by atoms with Crippen LogP contribution < -0.4 is 10.5 Å². The van der Waals surface area contributed by atoms with Gasteiger partial charge < -0.3 is 10.7 Å². The molecule has 1 aromatic heterocycles. The van der Waals surface area contributed by atoms with Gasteiger partial charge in [0.05, 0.1) is 12.0 Å². The predicted molar refractivity (Wildman–Crippen MR) is 83.7 cm³/mol. The van der Waals surface area contributed by atoms with Crippen molar-refractivity contribution in [2.75, 3.05) is 12.3 Å². The lowest BCUT2D eigenvalue weighted by molar-refractivity contribution is 0.581. The summed E-state index contributed by atoms with van der Waals surface area (Å²) in [6.45, 7) is 0.256. The molecule has 108 valence electrons. The van der Waals surface area contributed by atoms with Crippen LogP contribution in [0, 0.1) is 0 Å². The first kappa shape index (κ1) is 15.5. The fraction of sp³-hybridized carbons (Fsp3) is 0.182. The van der Waals surface area contributed by atoms with Gasteiger partial charge in [-0.2, -0.15) is 0 Å². The Morgan fingerprint density at radius 3 is 2.70 bits per heavy atom. The van der Waals surface area contributed by atoms with Crippen LogP contribution in [0.2, 0.25) is 0 Å². The lowest BCUT2D eigenvalue weighted by atomic mass is 10.3. The number of nitrogens with one attached hydrogen (secondary N) is 2. The number of nitrogens with zero attached hydrogens (tertiary/aromatic N) is 1. The number of hydrogen-bond acceptors (Lipinski definition) is 4. The first-order chi connectivity index (χ1) is 9.40. The molecule has 0 amide bonds. The topological polar surface area (TPSA) is 101 Å². The van der Waals surface area contributed by atoms with Gasteiger partial charge in [-0.15, -0.1) is 0 Å². The van der Waals surface area contributed by atoms with E-state index in [1.54, 1.807) is 24.7 Å². The molecule has 0 aliphatic carbocycles. The van der Waals surface area contributed by atoms with Crippen molar-refractivity contribution < 1.29 is 8.42 Å². The number of aromatic nitrogens is 2. The van der Waals surface area contributed by atoms with E-state index in [4.69, 9.17) is 5.73 Å². The van der Waals surface area contributed by atoms with E-state index in [1.165, 1.54) is 0 Å². The summed E-state index contributed by atoms with van der Waals surface area (Å²) in [4.78, 5) is 6.82. The summed E-state index contributed by atoms with van der Waals surface area (Å²) in [5.41, 5.74) is 6.82. The fourth-order valence-electron chi connectivity index (χ4n) is 1.68. The fourth-order valence-corrected chi connectivity index (χ4v) is 4.77. The van der Waals surface area contributed by atoms with Gasteiger partial charge in [-0.25, -0.2) is 18.1 Å². The van der Waals surface area contributed by atoms with E-state index in [9.17, 15) is 8.42 Å². The number of halogens is 2.